The van der Waals surface area contributed by atoms with Crippen LogP contribution in [0.2, 0.25) is 0 Å². The van der Waals surface area contributed by atoms with Gasteiger partial charge in [-0.15, -0.1) is 24.8 Å². The number of piperazine rings is 1. The van der Waals surface area contributed by atoms with E-state index in [1.807, 2.05) is 0 Å². The van der Waals surface area contributed by atoms with E-state index in [1.54, 1.807) is 14.2 Å². The first-order valence-electron chi connectivity index (χ1n) is 8.98. The van der Waals surface area contributed by atoms with Crippen molar-refractivity contribution >= 4 is 24.8 Å². The smallest absolute Gasteiger partial charge is 0.161 e. The molecule has 0 bridgehead atoms. The Morgan fingerprint density at radius 3 is 2.40 bits per heavy atom. The van der Waals surface area contributed by atoms with Gasteiger partial charge in [-0.05, 0) is 42.6 Å². The molecule has 0 amide bonds. The Kier molecular flexibility index (Phi) is 9.36. The summed E-state index contributed by atoms with van der Waals surface area (Å²) in [4.78, 5) is 5.28. The molecule has 1 atom stereocenters. The highest BCUT2D eigenvalue weighted by Gasteiger charge is 2.33. The Labute approximate surface area is 164 Å². The molecule has 1 unspecified atom stereocenters. The Bertz CT molecular complexity index is 542. The number of hydrogen-bond acceptors (Lipinski definition) is 4. The van der Waals surface area contributed by atoms with Gasteiger partial charge in [-0.2, -0.15) is 0 Å². The summed E-state index contributed by atoms with van der Waals surface area (Å²) < 4.78 is 11.0. The fraction of sp³-hybridized carbons (Fsp3) is 0.684. The summed E-state index contributed by atoms with van der Waals surface area (Å²) in [6.45, 7) is 8.21. The highest BCUT2D eigenvalue weighted by Crippen LogP contribution is 2.39. The lowest BCUT2D eigenvalue weighted by Crippen LogP contribution is -2.50. The minimum atomic E-state index is 0. The lowest BCUT2D eigenvalue weighted by atomic mass is 9.90. The fourth-order valence-corrected chi connectivity index (χ4v) is 3.96. The molecular formula is C19H32Cl2N2O2. The molecular weight excluding hydrogens is 359 g/mol. The van der Waals surface area contributed by atoms with Crippen molar-refractivity contribution in [2.45, 2.75) is 38.6 Å². The van der Waals surface area contributed by atoms with E-state index in [1.165, 1.54) is 50.0 Å². The zero-order valence-electron chi connectivity index (χ0n) is 15.6. The summed E-state index contributed by atoms with van der Waals surface area (Å²) in [6, 6.07) is 4.90. The van der Waals surface area contributed by atoms with Crippen LogP contribution in [0.25, 0.3) is 0 Å². The molecule has 4 nitrogen and oxygen atoms in total. The maximum atomic E-state index is 5.53. The Morgan fingerprint density at radius 2 is 1.72 bits per heavy atom. The van der Waals surface area contributed by atoms with Crippen molar-refractivity contribution in [3.8, 4) is 11.5 Å². The second kappa shape index (κ2) is 10.5. The van der Waals surface area contributed by atoms with E-state index in [-0.39, 0.29) is 24.8 Å². The molecule has 25 heavy (non-hydrogen) atoms. The molecule has 1 saturated heterocycles. The van der Waals surface area contributed by atoms with Gasteiger partial charge < -0.3 is 14.4 Å². The van der Waals surface area contributed by atoms with Gasteiger partial charge in [0.15, 0.2) is 11.5 Å². The maximum absolute atomic E-state index is 5.53. The molecule has 2 aliphatic heterocycles. The first kappa shape index (κ1) is 22.4. The third-order valence-electron chi connectivity index (χ3n) is 5.33. The third-order valence-corrected chi connectivity index (χ3v) is 5.33. The van der Waals surface area contributed by atoms with E-state index in [4.69, 9.17) is 9.47 Å². The van der Waals surface area contributed by atoms with Crippen LogP contribution in [-0.2, 0) is 6.42 Å². The minimum Gasteiger partial charge on any atom is -0.493 e. The third kappa shape index (κ3) is 4.94. The first-order chi connectivity index (χ1) is 11.3. The van der Waals surface area contributed by atoms with E-state index >= 15 is 0 Å². The van der Waals surface area contributed by atoms with Gasteiger partial charge in [-0.1, -0.05) is 19.8 Å². The first-order valence-corrected chi connectivity index (χ1v) is 8.98. The van der Waals surface area contributed by atoms with Gasteiger partial charge in [-0.3, -0.25) is 4.90 Å². The van der Waals surface area contributed by atoms with E-state index in [0.717, 1.165) is 31.0 Å². The van der Waals surface area contributed by atoms with Crippen molar-refractivity contribution in [1.29, 1.82) is 0 Å². The van der Waals surface area contributed by atoms with Crippen molar-refractivity contribution in [2.75, 3.05) is 46.9 Å². The van der Waals surface area contributed by atoms with Crippen LogP contribution in [0.4, 0.5) is 0 Å². The predicted octanol–water partition coefficient (Wildman–Crippen LogP) is 3.95. The van der Waals surface area contributed by atoms with E-state index < -0.39 is 0 Å². The number of ether oxygens (including phenoxy) is 2. The molecule has 2 aliphatic rings. The number of hydrogen-bond donors (Lipinski definition) is 0. The molecule has 0 N–H and O–H groups in total. The average molecular weight is 391 g/mol. The van der Waals surface area contributed by atoms with Gasteiger partial charge in [-0.25, -0.2) is 0 Å². The number of halogens is 2. The van der Waals surface area contributed by atoms with Gasteiger partial charge in [0.05, 0.1) is 14.2 Å². The van der Waals surface area contributed by atoms with Crippen LogP contribution in [0, 0.1) is 0 Å². The topological polar surface area (TPSA) is 24.9 Å². The lowest BCUT2D eigenvalue weighted by molar-refractivity contribution is 0.0661. The Balaban J connectivity index is 0.00000156. The van der Waals surface area contributed by atoms with Gasteiger partial charge >= 0.3 is 0 Å². The second-order valence-electron chi connectivity index (χ2n) is 6.72. The fourth-order valence-electron chi connectivity index (χ4n) is 3.96. The van der Waals surface area contributed by atoms with Crippen molar-refractivity contribution in [1.82, 2.24) is 9.80 Å². The van der Waals surface area contributed by atoms with Crippen LogP contribution in [0.5, 0.6) is 11.5 Å². The van der Waals surface area contributed by atoms with E-state index in [9.17, 15) is 0 Å². The van der Waals surface area contributed by atoms with Crippen molar-refractivity contribution < 1.29 is 9.47 Å². The lowest BCUT2D eigenvalue weighted by Gasteiger charge is -2.45. The molecule has 144 valence electrons. The summed E-state index contributed by atoms with van der Waals surface area (Å²) in [5, 5.41) is 0. The highest BCUT2D eigenvalue weighted by molar-refractivity contribution is 5.85. The maximum Gasteiger partial charge on any atom is 0.161 e. The van der Waals surface area contributed by atoms with Gasteiger partial charge in [0.1, 0.15) is 0 Å². The zero-order valence-corrected chi connectivity index (χ0v) is 17.3. The zero-order chi connectivity index (χ0) is 16.2. The van der Waals surface area contributed by atoms with Crippen LogP contribution in [0.15, 0.2) is 12.1 Å². The standard InChI is InChI=1S/C19H30N2O2.2ClH/c1-4-5-6-8-20-10-11-21-9-7-15-12-18(22-2)19(23-3)13-16(15)17(21)14-20;;/h12-13,17H,4-11,14H2,1-3H3;2*1H. The van der Waals surface area contributed by atoms with E-state index in [2.05, 4.69) is 28.9 Å². The quantitative estimate of drug-likeness (QED) is 0.686. The number of fused-ring (bicyclic) bond motifs is 3. The molecule has 2 heterocycles. The van der Waals surface area contributed by atoms with Gasteiger partial charge in [0.2, 0.25) is 0 Å². The average Bonchev–Trinajstić information content (AvgIpc) is 2.60. The largest absolute Gasteiger partial charge is 0.493 e. The second-order valence-corrected chi connectivity index (χ2v) is 6.72. The molecule has 1 aromatic carbocycles. The van der Waals surface area contributed by atoms with Gasteiger partial charge in [0, 0.05) is 32.2 Å². The molecule has 0 aliphatic carbocycles. The summed E-state index contributed by atoms with van der Waals surface area (Å²) in [5.74, 6) is 1.71. The molecule has 0 saturated carbocycles. The monoisotopic (exact) mass is 390 g/mol. The Morgan fingerprint density at radius 1 is 1.00 bits per heavy atom. The van der Waals surface area contributed by atoms with Crippen molar-refractivity contribution in [3.05, 3.63) is 23.3 Å². The summed E-state index contributed by atoms with van der Waals surface area (Å²) in [6.07, 6.45) is 5.07. The van der Waals surface area contributed by atoms with E-state index in [0.29, 0.717) is 6.04 Å². The summed E-state index contributed by atoms with van der Waals surface area (Å²) >= 11 is 0. The molecule has 0 aromatic heterocycles. The number of rotatable bonds is 6. The molecule has 3 rings (SSSR count). The molecule has 0 radical (unpaired) electrons. The normalized spacial score (nSPS) is 19.9. The molecule has 0 spiro atoms. The minimum absolute atomic E-state index is 0. The van der Waals surface area contributed by atoms with Crippen molar-refractivity contribution in [2.24, 2.45) is 0 Å². The van der Waals surface area contributed by atoms with Crippen LogP contribution in [0.3, 0.4) is 0 Å². The Hall–Kier alpha value is -0.680. The van der Waals surface area contributed by atoms with Crippen LogP contribution in [0.1, 0.15) is 43.4 Å². The van der Waals surface area contributed by atoms with Crippen LogP contribution >= 0.6 is 24.8 Å². The van der Waals surface area contributed by atoms with Crippen LogP contribution in [-0.4, -0.2) is 56.7 Å². The predicted molar refractivity (Wildman–Crippen MR) is 108 cm³/mol. The highest BCUT2D eigenvalue weighted by atomic mass is 35.5. The summed E-state index contributed by atoms with van der Waals surface area (Å²) in [7, 11) is 3.44. The van der Waals surface area contributed by atoms with Crippen LogP contribution < -0.4 is 9.47 Å². The number of methoxy groups -OCH3 is 2. The molecule has 1 fully saturated rings. The van der Waals surface area contributed by atoms with Gasteiger partial charge in [0.25, 0.3) is 0 Å². The number of unbranched alkanes of at least 4 members (excludes halogenated alkanes) is 2. The summed E-state index contributed by atoms with van der Waals surface area (Å²) in [5.41, 5.74) is 2.87. The number of benzene rings is 1. The molecule has 1 aromatic rings. The van der Waals surface area contributed by atoms with Crippen molar-refractivity contribution in [3.63, 3.8) is 0 Å². The number of nitrogens with zero attached hydrogens (tertiary/aromatic N) is 2. The SMILES string of the molecule is CCCCCN1CCN2CCc3cc(OC)c(OC)cc3C2C1.Cl.Cl. The molecule has 6 heteroatoms.